The Hall–Kier alpha value is 0.158. The predicted molar refractivity (Wildman–Crippen MR) is 87.2 cm³/mol. The molecule has 0 aliphatic heterocycles. The summed E-state index contributed by atoms with van der Waals surface area (Å²) in [4.78, 5) is 10.3. The second kappa shape index (κ2) is 20.2. The molecule has 0 fully saturated rings. The number of carboxylic acid groups (broad SMARTS) is 1. The van der Waals surface area contributed by atoms with Crippen LogP contribution in [0.25, 0.3) is 0 Å². The third-order valence-corrected chi connectivity index (χ3v) is 3.99. The molecule has 3 heteroatoms. The van der Waals surface area contributed by atoms with Crippen LogP contribution in [0, 0.1) is 0 Å². The van der Waals surface area contributed by atoms with Gasteiger partial charge in [0.05, 0.1) is 0 Å². The third-order valence-electron chi connectivity index (χ3n) is 3.99. The van der Waals surface area contributed by atoms with Crippen molar-refractivity contribution >= 4 is 5.97 Å². The van der Waals surface area contributed by atoms with Crippen LogP contribution in [0.4, 0.5) is 0 Å². The van der Waals surface area contributed by atoms with Crippen molar-refractivity contribution in [2.45, 2.75) is 110 Å². The first-order valence-corrected chi connectivity index (χ1v) is 8.99. The summed E-state index contributed by atoms with van der Waals surface area (Å²) >= 11 is 0. The van der Waals surface area contributed by atoms with E-state index >= 15 is 0 Å². The summed E-state index contributed by atoms with van der Waals surface area (Å²) in [6.07, 6.45) is 20.2. The Morgan fingerprint density at radius 2 is 0.905 bits per heavy atom. The average Bonchev–Trinajstić information content (AvgIpc) is 2.43. The molecular weight excluding hydrogens is 443 g/mol. The Morgan fingerprint density at radius 1 is 0.619 bits per heavy atom. The van der Waals surface area contributed by atoms with Crippen molar-refractivity contribution in [1.29, 1.82) is 0 Å². The Balaban J connectivity index is 0. The number of carboxylic acids is 1. The van der Waals surface area contributed by atoms with Crippen molar-refractivity contribution in [3.63, 3.8) is 0 Å². The van der Waals surface area contributed by atoms with E-state index in [9.17, 15) is 4.79 Å². The monoisotopic (exact) mass is 479 g/mol. The van der Waals surface area contributed by atoms with Crippen LogP contribution >= 0.6 is 0 Å². The molecule has 0 atom stereocenters. The van der Waals surface area contributed by atoms with Gasteiger partial charge in [-0.05, 0) is 6.42 Å². The number of rotatable bonds is 16. The van der Waals surface area contributed by atoms with Gasteiger partial charge in [0.2, 0.25) is 0 Å². The van der Waals surface area contributed by atoms with Gasteiger partial charge in [0.15, 0.2) is 0 Å². The van der Waals surface area contributed by atoms with Gasteiger partial charge in [-0.3, -0.25) is 4.79 Å². The van der Waals surface area contributed by atoms with Crippen LogP contribution in [0.2, 0.25) is 0 Å². The molecular formula is C18H36O2Pt. The van der Waals surface area contributed by atoms with E-state index in [2.05, 4.69) is 6.92 Å². The molecule has 0 heterocycles. The molecule has 1 N–H and O–H groups in total. The fourth-order valence-corrected chi connectivity index (χ4v) is 2.65. The van der Waals surface area contributed by atoms with E-state index in [0.717, 1.165) is 12.8 Å². The smallest absolute Gasteiger partial charge is 0.303 e. The molecule has 0 bridgehead atoms. The first-order valence-electron chi connectivity index (χ1n) is 8.99. The van der Waals surface area contributed by atoms with Gasteiger partial charge in [-0.15, -0.1) is 0 Å². The topological polar surface area (TPSA) is 37.3 Å². The minimum absolute atomic E-state index is 0. The quantitative estimate of drug-likeness (QED) is 0.263. The molecule has 0 aliphatic rings. The molecule has 0 aromatic heterocycles. The molecule has 0 saturated heterocycles. The van der Waals surface area contributed by atoms with E-state index in [0.29, 0.717) is 6.42 Å². The van der Waals surface area contributed by atoms with Gasteiger partial charge >= 0.3 is 5.97 Å². The minimum Gasteiger partial charge on any atom is -0.481 e. The number of hydrogen-bond donors (Lipinski definition) is 1. The maximum Gasteiger partial charge on any atom is 0.303 e. The Bertz CT molecular complexity index is 207. The number of unbranched alkanes of at least 4 members (excludes halogenated alkanes) is 14. The van der Waals surface area contributed by atoms with Crippen LogP contribution in [0.5, 0.6) is 0 Å². The zero-order chi connectivity index (χ0) is 14.9. The summed E-state index contributed by atoms with van der Waals surface area (Å²) in [7, 11) is 0. The van der Waals surface area contributed by atoms with Gasteiger partial charge in [-0.1, -0.05) is 96.8 Å². The maximum atomic E-state index is 10.3. The van der Waals surface area contributed by atoms with Crippen molar-refractivity contribution in [1.82, 2.24) is 0 Å². The second-order valence-electron chi connectivity index (χ2n) is 6.09. The number of hydrogen-bond acceptors (Lipinski definition) is 1. The molecule has 21 heavy (non-hydrogen) atoms. The first kappa shape index (κ1) is 23.4. The van der Waals surface area contributed by atoms with E-state index in [4.69, 9.17) is 5.11 Å². The summed E-state index contributed by atoms with van der Waals surface area (Å²) in [5.41, 5.74) is 0. The molecule has 0 radical (unpaired) electrons. The van der Waals surface area contributed by atoms with Gasteiger partial charge in [-0.25, -0.2) is 0 Å². The Morgan fingerprint density at radius 3 is 1.19 bits per heavy atom. The van der Waals surface area contributed by atoms with Gasteiger partial charge in [0.25, 0.3) is 0 Å². The first-order chi connectivity index (χ1) is 9.77. The molecule has 0 rings (SSSR count). The third kappa shape index (κ3) is 22.6. The van der Waals surface area contributed by atoms with Crippen LogP contribution in [0.3, 0.4) is 0 Å². The molecule has 130 valence electrons. The van der Waals surface area contributed by atoms with Crippen molar-refractivity contribution in [2.75, 3.05) is 0 Å². The summed E-state index contributed by atoms with van der Waals surface area (Å²) in [6, 6.07) is 0. The number of aliphatic carboxylic acids is 1. The predicted octanol–water partition coefficient (Wildman–Crippen LogP) is 6.33. The molecule has 0 amide bonds. The normalized spacial score (nSPS) is 10.3. The van der Waals surface area contributed by atoms with Crippen molar-refractivity contribution in [3.05, 3.63) is 0 Å². The summed E-state index contributed by atoms with van der Waals surface area (Å²) < 4.78 is 0. The summed E-state index contributed by atoms with van der Waals surface area (Å²) in [6.45, 7) is 2.27. The van der Waals surface area contributed by atoms with E-state index in [1.165, 1.54) is 83.5 Å². The number of carbonyl (C=O) groups is 1. The van der Waals surface area contributed by atoms with Crippen molar-refractivity contribution in [3.8, 4) is 0 Å². The Kier molecular flexibility index (Phi) is 22.5. The SMILES string of the molecule is CCCCCCCCCCCCCCCCCC(=O)O.[Pt]. The molecule has 0 aromatic rings. The van der Waals surface area contributed by atoms with E-state index < -0.39 is 5.97 Å². The molecule has 0 aliphatic carbocycles. The van der Waals surface area contributed by atoms with E-state index in [-0.39, 0.29) is 21.1 Å². The zero-order valence-corrected chi connectivity index (χ0v) is 16.3. The van der Waals surface area contributed by atoms with Crippen LogP contribution in [-0.4, -0.2) is 11.1 Å². The van der Waals surface area contributed by atoms with Gasteiger partial charge < -0.3 is 5.11 Å². The van der Waals surface area contributed by atoms with Crippen molar-refractivity contribution < 1.29 is 31.0 Å². The molecule has 0 saturated carbocycles. The standard InChI is InChI=1S/C18H36O2.Pt/c1-2-3-4-5-6-7-8-9-10-11-12-13-14-15-16-17-18(19)20;/h2-17H2,1H3,(H,19,20);. The van der Waals surface area contributed by atoms with Gasteiger partial charge in [-0.2, -0.15) is 0 Å². The fraction of sp³-hybridized carbons (Fsp3) is 0.944. The van der Waals surface area contributed by atoms with E-state index in [1.807, 2.05) is 0 Å². The average molecular weight is 480 g/mol. The van der Waals surface area contributed by atoms with Crippen molar-refractivity contribution in [2.24, 2.45) is 0 Å². The largest absolute Gasteiger partial charge is 0.481 e. The Labute approximate surface area is 146 Å². The minimum atomic E-state index is -0.653. The molecule has 0 aromatic carbocycles. The zero-order valence-electron chi connectivity index (χ0n) is 14.0. The van der Waals surface area contributed by atoms with Crippen LogP contribution < -0.4 is 0 Å². The van der Waals surface area contributed by atoms with Crippen LogP contribution in [0.1, 0.15) is 110 Å². The van der Waals surface area contributed by atoms with Gasteiger partial charge in [0, 0.05) is 27.5 Å². The van der Waals surface area contributed by atoms with Crippen LogP contribution in [0.15, 0.2) is 0 Å². The summed E-state index contributed by atoms with van der Waals surface area (Å²) in [5, 5.41) is 8.52. The maximum absolute atomic E-state index is 10.3. The van der Waals surface area contributed by atoms with Gasteiger partial charge in [0.1, 0.15) is 0 Å². The summed E-state index contributed by atoms with van der Waals surface area (Å²) in [5.74, 6) is -0.653. The second-order valence-corrected chi connectivity index (χ2v) is 6.09. The molecule has 2 nitrogen and oxygen atoms in total. The van der Waals surface area contributed by atoms with E-state index in [1.54, 1.807) is 0 Å². The fourth-order valence-electron chi connectivity index (χ4n) is 2.65. The van der Waals surface area contributed by atoms with Crippen LogP contribution in [-0.2, 0) is 25.9 Å². The molecule has 0 unspecified atom stereocenters. The molecule has 0 spiro atoms.